The first-order valence-electron chi connectivity index (χ1n) is 9.23. The monoisotopic (exact) mass is 382 g/mol. The summed E-state index contributed by atoms with van der Waals surface area (Å²) in [5, 5.41) is 2.90. The number of nitrogens with zero attached hydrogens (tertiary/aromatic N) is 1. The number of thioether (sulfide) groups is 1. The van der Waals surface area contributed by atoms with Gasteiger partial charge in [-0.3, -0.25) is 14.5 Å². The van der Waals surface area contributed by atoms with Gasteiger partial charge in [-0.15, -0.1) is 11.8 Å². The highest BCUT2D eigenvalue weighted by atomic mass is 32.2. The molecule has 27 heavy (non-hydrogen) atoms. The number of hydrogen-bond acceptors (Lipinski definition) is 3. The molecule has 0 saturated carbocycles. The molecule has 1 N–H and O–H groups in total. The molecule has 3 rings (SSSR count). The van der Waals surface area contributed by atoms with Gasteiger partial charge in [0.15, 0.2) is 0 Å². The van der Waals surface area contributed by atoms with Crippen molar-refractivity contribution < 1.29 is 9.59 Å². The highest BCUT2D eigenvalue weighted by Crippen LogP contribution is 2.42. The molecule has 0 aromatic heterocycles. The number of benzene rings is 2. The average Bonchev–Trinajstić information content (AvgIpc) is 3.03. The van der Waals surface area contributed by atoms with Crippen LogP contribution in [0.4, 0.5) is 11.4 Å². The second-order valence-electron chi connectivity index (χ2n) is 7.78. The summed E-state index contributed by atoms with van der Waals surface area (Å²) >= 11 is 1.63. The van der Waals surface area contributed by atoms with Crippen LogP contribution in [0, 0.1) is 5.41 Å². The molecule has 2 aromatic carbocycles. The van der Waals surface area contributed by atoms with Crippen molar-refractivity contribution >= 4 is 35.0 Å². The van der Waals surface area contributed by atoms with Crippen molar-refractivity contribution in [3.8, 4) is 0 Å². The molecule has 0 bridgehead atoms. The van der Waals surface area contributed by atoms with Gasteiger partial charge in [0.05, 0.1) is 5.75 Å². The first-order valence-corrected chi connectivity index (χ1v) is 10.3. The molecule has 4 nitrogen and oxygen atoms in total. The summed E-state index contributed by atoms with van der Waals surface area (Å²) in [5.74, 6) is 0.589. The second-order valence-corrected chi connectivity index (χ2v) is 8.85. The van der Waals surface area contributed by atoms with Gasteiger partial charge < -0.3 is 5.32 Å². The van der Waals surface area contributed by atoms with Crippen molar-refractivity contribution in [2.75, 3.05) is 16.0 Å². The van der Waals surface area contributed by atoms with Crippen molar-refractivity contribution in [1.29, 1.82) is 0 Å². The zero-order valence-electron chi connectivity index (χ0n) is 16.3. The third-order valence-electron chi connectivity index (χ3n) is 4.60. The van der Waals surface area contributed by atoms with Gasteiger partial charge in [-0.2, -0.15) is 0 Å². The van der Waals surface area contributed by atoms with E-state index in [4.69, 9.17) is 0 Å². The minimum absolute atomic E-state index is 0.0151. The zero-order valence-corrected chi connectivity index (χ0v) is 17.1. The molecule has 142 valence electrons. The Kier molecular flexibility index (Phi) is 5.61. The number of amides is 2. The maximum Gasteiger partial charge on any atom is 0.238 e. The zero-order chi connectivity index (χ0) is 19.6. The van der Waals surface area contributed by atoms with E-state index < -0.39 is 5.41 Å². The maximum absolute atomic E-state index is 12.5. The lowest BCUT2D eigenvalue weighted by Crippen LogP contribution is -2.28. The van der Waals surface area contributed by atoms with Crippen molar-refractivity contribution in [2.24, 2.45) is 5.41 Å². The van der Waals surface area contributed by atoms with Crippen molar-refractivity contribution in [1.82, 2.24) is 0 Å². The van der Waals surface area contributed by atoms with E-state index in [-0.39, 0.29) is 17.2 Å². The van der Waals surface area contributed by atoms with Gasteiger partial charge in [-0.25, -0.2) is 0 Å². The number of aryl methyl sites for hydroxylation is 1. The van der Waals surface area contributed by atoms with Crippen LogP contribution in [-0.2, 0) is 16.0 Å². The lowest BCUT2D eigenvalue weighted by atomic mass is 9.95. The summed E-state index contributed by atoms with van der Waals surface area (Å²) in [6.45, 7) is 7.78. The smallest absolute Gasteiger partial charge is 0.238 e. The van der Waals surface area contributed by atoms with Crippen molar-refractivity contribution in [3.05, 3.63) is 59.7 Å². The molecule has 1 atom stereocenters. The van der Waals surface area contributed by atoms with Gasteiger partial charge >= 0.3 is 0 Å². The molecule has 2 amide bonds. The highest BCUT2D eigenvalue weighted by Gasteiger charge is 2.34. The van der Waals surface area contributed by atoms with Gasteiger partial charge in [0.2, 0.25) is 11.8 Å². The van der Waals surface area contributed by atoms with Crippen LogP contribution in [0.3, 0.4) is 0 Å². The number of nitrogens with one attached hydrogen (secondary N) is 1. The molecule has 1 saturated heterocycles. The fourth-order valence-corrected chi connectivity index (χ4v) is 4.10. The van der Waals surface area contributed by atoms with E-state index in [1.165, 1.54) is 5.56 Å². The van der Waals surface area contributed by atoms with E-state index in [1.54, 1.807) is 11.8 Å². The standard InChI is InChI=1S/C22H26N2O2S/c1-5-15-7-6-8-18(13-15)24-19(25)14-27-20(24)16-9-11-17(12-10-16)23-21(26)22(2,3)4/h6-13,20H,5,14H2,1-4H3,(H,23,26)/t20-/m0/s1. The van der Waals surface area contributed by atoms with Crippen LogP contribution >= 0.6 is 11.8 Å². The molecule has 0 aliphatic carbocycles. The van der Waals surface area contributed by atoms with Crippen LogP contribution in [0.1, 0.15) is 44.2 Å². The van der Waals surface area contributed by atoms with Crippen LogP contribution in [0.2, 0.25) is 0 Å². The van der Waals surface area contributed by atoms with E-state index in [0.717, 1.165) is 23.4 Å². The lowest BCUT2D eigenvalue weighted by molar-refractivity contribution is -0.123. The molecule has 1 aliphatic rings. The first kappa shape index (κ1) is 19.5. The van der Waals surface area contributed by atoms with E-state index >= 15 is 0 Å². The fourth-order valence-electron chi connectivity index (χ4n) is 2.93. The quantitative estimate of drug-likeness (QED) is 0.808. The molecule has 0 spiro atoms. The van der Waals surface area contributed by atoms with E-state index in [1.807, 2.05) is 62.1 Å². The first-order chi connectivity index (χ1) is 12.8. The van der Waals surface area contributed by atoms with Gasteiger partial charge in [-0.1, -0.05) is 52.0 Å². The summed E-state index contributed by atoms with van der Waals surface area (Å²) in [6.07, 6.45) is 0.940. The molecule has 5 heteroatoms. The van der Waals surface area contributed by atoms with Gasteiger partial charge in [0, 0.05) is 16.8 Å². The summed E-state index contributed by atoms with van der Waals surface area (Å²) in [7, 11) is 0. The Hall–Kier alpha value is -2.27. The fraction of sp³-hybridized carbons (Fsp3) is 0.364. The molecule has 1 fully saturated rings. The Morgan fingerprint density at radius 3 is 2.52 bits per heavy atom. The molecule has 0 unspecified atom stereocenters. The lowest BCUT2D eigenvalue weighted by Gasteiger charge is -2.25. The minimum Gasteiger partial charge on any atom is -0.326 e. The van der Waals surface area contributed by atoms with Gasteiger partial charge in [0.1, 0.15) is 5.37 Å². The number of carbonyl (C=O) groups is 2. The Morgan fingerprint density at radius 2 is 1.89 bits per heavy atom. The Balaban J connectivity index is 1.82. The molecular weight excluding hydrogens is 356 g/mol. The molecule has 1 heterocycles. The summed E-state index contributed by atoms with van der Waals surface area (Å²) in [5.41, 5.74) is 3.55. The number of hydrogen-bond donors (Lipinski definition) is 1. The Bertz CT molecular complexity index is 840. The number of anilines is 2. The molecule has 1 aliphatic heterocycles. The molecule has 0 radical (unpaired) electrons. The number of carbonyl (C=O) groups excluding carboxylic acids is 2. The third-order valence-corrected chi connectivity index (χ3v) is 5.81. The summed E-state index contributed by atoms with van der Waals surface area (Å²) < 4.78 is 0. The normalized spacial score (nSPS) is 17.3. The summed E-state index contributed by atoms with van der Waals surface area (Å²) in [4.78, 5) is 26.6. The predicted molar refractivity (Wildman–Crippen MR) is 113 cm³/mol. The number of rotatable bonds is 4. The Morgan fingerprint density at radius 1 is 1.19 bits per heavy atom. The third kappa shape index (κ3) is 4.35. The van der Waals surface area contributed by atoms with Crippen LogP contribution in [-0.4, -0.2) is 17.6 Å². The predicted octanol–water partition coefficient (Wildman–Crippen LogP) is 5.01. The van der Waals surface area contributed by atoms with E-state index in [2.05, 4.69) is 24.4 Å². The highest BCUT2D eigenvalue weighted by molar-refractivity contribution is 8.00. The van der Waals surface area contributed by atoms with Gasteiger partial charge in [-0.05, 0) is 41.8 Å². The Labute approximate surface area is 165 Å². The summed E-state index contributed by atoms with van der Waals surface area (Å²) in [6, 6.07) is 16.0. The van der Waals surface area contributed by atoms with Crippen molar-refractivity contribution in [3.63, 3.8) is 0 Å². The van der Waals surface area contributed by atoms with E-state index in [9.17, 15) is 9.59 Å². The maximum atomic E-state index is 12.5. The average molecular weight is 383 g/mol. The van der Waals surface area contributed by atoms with Gasteiger partial charge in [0.25, 0.3) is 0 Å². The van der Waals surface area contributed by atoms with Crippen LogP contribution in [0.5, 0.6) is 0 Å². The minimum atomic E-state index is -0.437. The topological polar surface area (TPSA) is 49.4 Å². The second kappa shape index (κ2) is 7.77. The van der Waals surface area contributed by atoms with Crippen LogP contribution in [0.15, 0.2) is 48.5 Å². The van der Waals surface area contributed by atoms with E-state index in [0.29, 0.717) is 5.75 Å². The van der Waals surface area contributed by atoms with Crippen LogP contribution in [0.25, 0.3) is 0 Å². The van der Waals surface area contributed by atoms with Crippen molar-refractivity contribution in [2.45, 2.75) is 39.5 Å². The SMILES string of the molecule is CCc1cccc(N2C(=O)CS[C@H]2c2ccc(NC(=O)C(C)(C)C)cc2)c1. The molecular formula is C22H26N2O2S. The molecule has 2 aromatic rings. The largest absolute Gasteiger partial charge is 0.326 e. The van der Waals surface area contributed by atoms with Crippen LogP contribution < -0.4 is 10.2 Å².